The summed E-state index contributed by atoms with van der Waals surface area (Å²) < 4.78 is 0. The lowest BCUT2D eigenvalue weighted by Gasteiger charge is -2.18. The summed E-state index contributed by atoms with van der Waals surface area (Å²) in [5.41, 5.74) is 1.63. The van der Waals surface area contributed by atoms with Crippen molar-refractivity contribution in [2.45, 2.75) is 6.92 Å². The average Bonchev–Trinajstić information content (AvgIpc) is 2.21. The van der Waals surface area contributed by atoms with Gasteiger partial charge in [-0.25, -0.2) is 0 Å². The van der Waals surface area contributed by atoms with Crippen LogP contribution in [0.5, 0.6) is 0 Å². The van der Waals surface area contributed by atoms with Crippen LogP contribution in [0.2, 0.25) is 0 Å². The number of hydrogen-bond acceptors (Lipinski definition) is 2. The first-order chi connectivity index (χ1) is 6.29. The smallest absolute Gasteiger partial charge is 0.325 e. The highest BCUT2D eigenvalue weighted by molar-refractivity contribution is 5.71. The number of hydrogen-bond donors (Lipinski definition) is 0. The summed E-state index contributed by atoms with van der Waals surface area (Å²) in [6, 6.07) is 0. The Morgan fingerprint density at radius 1 is 1.77 bits per heavy atom. The van der Waals surface area contributed by atoms with E-state index in [0.29, 0.717) is 12.4 Å². The third kappa shape index (κ3) is 2.06. The molecule has 0 atom stereocenters. The first-order valence-electron chi connectivity index (χ1n) is 3.97. The van der Waals surface area contributed by atoms with Gasteiger partial charge in [0.25, 0.3) is 6.57 Å². The molecule has 0 aromatic carbocycles. The monoisotopic (exact) mass is 174 g/mol. The Labute approximate surface area is 78.2 Å². The second kappa shape index (κ2) is 4.27. The van der Waals surface area contributed by atoms with Crippen molar-refractivity contribution in [1.82, 2.24) is 4.90 Å². The van der Waals surface area contributed by atoms with Gasteiger partial charge in [0.15, 0.2) is 0 Å². The molecule has 0 radical (unpaired) electrons. The predicted molar refractivity (Wildman–Crippen MR) is 55.5 cm³/mol. The predicted octanol–water partition coefficient (Wildman–Crippen LogP) is 2.22. The minimum atomic E-state index is 0.606. The van der Waals surface area contributed by atoms with Gasteiger partial charge in [-0.2, -0.15) is 0 Å². The molecule has 1 aliphatic heterocycles. The molecule has 0 fully saturated rings. The van der Waals surface area contributed by atoms with E-state index in [4.69, 9.17) is 6.57 Å². The van der Waals surface area contributed by atoms with Gasteiger partial charge in [0, 0.05) is 18.5 Å². The minimum Gasteiger partial charge on any atom is -0.325 e. The molecule has 0 aliphatic carbocycles. The van der Waals surface area contributed by atoms with Crippen molar-refractivity contribution in [2.75, 3.05) is 6.67 Å². The third-order valence-electron chi connectivity index (χ3n) is 1.83. The lowest BCUT2D eigenvalue weighted by molar-refractivity contribution is 0.476. The van der Waals surface area contributed by atoms with Crippen molar-refractivity contribution in [3.63, 3.8) is 0 Å². The molecule has 0 saturated heterocycles. The summed E-state index contributed by atoms with van der Waals surface area (Å²) in [7, 11) is 0. The fraction of sp³-hybridized carbons (Fsp3) is 0.200. The van der Waals surface area contributed by atoms with Crippen LogP contribution < -0.4 is 0 Å². The first-order valence-corrected chi connectivity index (χ1v) is 3.97. The lowest BCUT2D eigenvalue weighted by atomic mass is 10.3. The van der Waals surface area contributed by atoms with Gasteiger partial charge in [0.05, 0.1) is 0 Å². The maximum Gasteiger partial charge on any atom is 0.358 e. The molecule has 0 bridgehead atoms. The van der Waals surface area contributed by atoms with Crippen LogP contribution in [0, 0.1) is 6.57 Å². The largest absolute Gasteiger partial charge is 0.358 e. The molecular formula is C10H12N3+. The van der Waals surface area contributed by atoms with E-state index in [1.54, 1.807) is 12.3 Å². The van der Waals surface area contributed by atoms with E-state index in [-0.39, 0.29) is 0 Å². The Kier molecular flexibility index (Phi) is 3.04. The Bertz CT molecular complexity index is 329. The van der Waals surface area contributed by atoms with Crippen LogP contribution >= 0.6 is 0 Å². The normalized spacial score (nSPS) is 16.5. The third-order valence-corrected chi connectivity index (χ3v) is 1.83. The standard InChI is InChI=1S/C10H12N3/c1-4-10(11-3)9(2)13-7-5-6-12-8-13/h3-7H,1,8H2,2H3/q+1/b10-9-. The zero-order valence-electron chi connectivity index (χ0n) is 7.64. The minimum absolute atomic E-state index is 0.606. The highest BCUT2D eigenvalue weighted by Gasteiger charge is 2.13. The summed E-state index contributed by atoms with van der Waals surface area (Å²) in [5.74, 6) is 0. The maximum absolute atomic E-state index is 5.20. The van der Waals surface area contributed by atoms with Gasteiger partial charge >= 0.3 is 5.70 Å². The van der Waals surface area contributed by atoms with Gasteiger partial charge < -0.3 is 4.90 Å². The molecule has 1 rings (SSSR count). The van der Waals surface area contributed by atoms with Gasteiger partial charge in [-0.1, -0.05) is 6.58 Å². The first kappa shape index (κ1) is 9.27. The zero-order chi connectivity index (χ0) is 9.68. The van der Waals surface area contributed by atoms with Crippen molar-refractivity contribution < 1.29 is 0 Å². The van der Waals surface area contributed by atoms with Crippen molar-refractivity contribution in [3.8, 4) is 6.57 Å². The molecule has 3 heteroatoms. The Hall–Kier alpha value is -1.82. The Balaban J connectivity index is 2.89. The summed E-state index contributed by atoms with van der Waals surface area (Å²) in [5, 5.41) is 0. The Morgan fingerprint density at radius 3 is 3.00 bits per heavy atom. The number of rotatable bonds is 2. The van der Waals surface area contributed by atoms with E-state index in [2.05, 4.69) is 16.4 Å². The van der Waals surface area contributed by atoms with Crippen molar-refractivity contribution in [1.29, 1.82) is 0 Å². The van der Waals surface area contributed by atoms with Gasteiger partial charge in [0.2, 0.25) is 0 Å². The number of aliphatic imine (C=N–C) groups is 1. The highest BCUT2D eigenvalue weighted by Crippen LogP contribution is 2.13. The van der Waals surface area contributed by atoms with Gasteiger partial charge in [0.1, 0.15) is 12.4 Å². The fourth-order valence-electron chi connectivity index (χ4n) is 1.04. The molecule has 0 aromatic heterocycles. The molecule has 0 saturated carbocycles. The molecule has 0 spiro atoms. The van der Waals surface area contributed by atoms with Crippen LogP contribution in [0.25, 0.3) is 4.85 Å². The van der Waals surface area contributed by atoms with Gasteiger partial charge in [-0.15, -0.1) is 0 Å². The van der Waals surface area contributed by atoms with E-state index in [0.717, 1.165) is 5.70 Å². The molecule has 1 heterocycles. The fourth-order valence-corrected chi connectivity index (χ4v) is 1.04. The summed E-state index contributed by atoms with van der Waals surface area (Å²) in [4.78, 5) is 9.66. The molecule has 0 unspecified atom stereocenters. The molecular weight excluding hydrogens is 162 g/mol. The van der Waals surface area contributed by atoms with Crippen LogP contribution in [0.4, 0.5) is 0 Å². The summed E-state index contributed by atoms with van der Waals surface area (Å²) >= 11 is 0. The average molecular weight is 174 g/mol. The quantitative estimate of drug-likeness (QED) is 0.588. The van der Waals surface area contributed by atoms with E-state index in [1.165, 1.54) is 0 Å². The summed E-state index contributed by atoms with van der Waals surface area (Å²) in [6.45, 7) is 11.4. The van der Waals surface area contributed by atoms with Crippen molar-refractivity contribution >= 4 is 6.21 Å². The van der Waals surface area contributed by atoms with Crippen LogP contribution in [-0.2, 0) is 0 Å². The molecule has 13 heavy (non-hydrogen) atoms. The van der Waals surface area contributed by atoms with Crippen LogP contribution in [0.15, 0.2) is 41.3 Å². The highest BCUT2D eigenvalue weighted by atomic mass is 15.2. The molecule has 3 nitrogen and oxygen atoms in total. The van der Waals surface area contributed by atoms with E-state index < -0.39 is 0 Å². The maximum atomic E-state index is 5.20. The number of nitrogens with zero attached hydrogens (tertiary/aromatic N) is 3. The van der Waals surface area contributed by atoms with E-state index in [1.807, 2.05) is 24.1 Å². The van der Waals surface area contributed by atoms with E-state index >= 15 is 0 Å². The molecule has 66 valence electrons. The molecule has 0 aromatic rings. The second-order valence-electron chi connectivity index (χ2n) is 2.59. The SMILES string of the molecule is C#[N+]/C(C=C)=C(/C)N1C=CC=NC1. The molecule has 1 aliphatic rings. The van der Waals surface area contributed by atoms with Crippen LogP contribution in [0.1, 0.15) is 6.92 Å². The van der Waals surface area contributed by atoms with Crippen molar-refractivity contribution in [3.05, 3.63) is 41.2 Å². The second-order valence-corrected chi connectivity index (χ2v) is 2.59. The van der Waals surface area contributed by atoms with Crippen LogP contribution in [0.3, 0.4) is 0 Å². The van der Waals surface area contributed by atoms with Crippen molar-refractivity contribution in [2.24, 2.45) is 4.99 Å². The molecule has 0 amide bonds. The lowest BCUT2D eigenvalue weighted by Crippen LogP contribution is -2.18. The van der Waals surface area contributed by atoms with Crippen LogP contribution in [-0.4, -0.2) is 17.8 Å². The zero-order valence-corrected chi connectivity index (χ0v) is 7.64. The Morgan fingerprint density at radius 2 is 2.54 bits per heavy atom. The summed E-state index contributed by atoms with van der Waals surface area (Å²) in [6.07, 6.45) is 7.18. The topological polar surface area (TPSA) is 20.0 Å². The van der Waals surface area contributed by atoms with Gasteiger partial charge in [-0.05, 0) is 17.8 Å². The van der Waals surface area contributed by atoms with Gasteiger partial charge in [-0.3, -0.25) is 4.99 Å². The molecule has 0 N–H and O–H groups in total. The number of allylic oxidation sites excluding steroid dienone is 3. The van der Waals surface area contributed by atoms with E-state index in [9.17, 15) is 0 Å².